The Balaban J connectivity index is 1.29. The van der Waals surface area contributed by atoms with Crippen LogP contribution in [0.25, 0.3) is 21.5 Å². The summed E-state index contributed by atoms with van der Waals surface area (Å²) in [6.07, 6.45) is 6.07. The molecular weight excluding hydrogens is 408 g/mol. The van der Waals surface area contributed by atoms with Gasteiger partial charge in [0.25, 0.3) is 0 Å². The molecule has 1 aliphatic heterocycles. The van der Waals surface area contributed by atoms with Crippen LogP contribution in [0.15, 0.2) is 60.4 Å². The molecule has 3 aromatic heterocycles. The number of carbonyl (C=O) groups is 1. The van der Waals surface area contributed by atoms with Crippen LogP contribution in [0.4, 0.5) is 0 Å². The second-order valence-electron chi connectivity index (χ2n) is 7.62. The molecule has 31 heavy (non-hydrogen) atoms. The largest absolute Gasteiger partial charge is 0.490 e. The van der Waals surface area contributed by atoms with Crippen LogP contribution in [-0.2, 0) is 6.42 Å². The third-order valence-electron chi connectivity index (χ3n) is 5.42. The lowest BCUT2D eigenvalue weighted by molar-refractivity contribution is 0.0992. The number of ether oxygens (including phenoxy) is 1. The first-order valence-corrected chi connectivity index (χ1v) is 11.3. The topological polar surface area (TPSA) is 77.0 Å². The van der Waals surface area contributed by atoms with E-state index < -0.39 is 0 Å². The van der Waals surface area contributed by atoms with Crippen LogP contribution in [-0.4, -0.2) is 39.9 Å². The minimum Gasteiger partial charge on any atom is -0.490 e. The zero-order chi connectivity index (χ0) is 21.0. The summed E-state index contributed by atoms with van der Waals surface area (Å²) < 4.78 is 6.02. The number of nitrogens with one attached hydrogen (secondary N) is 1. The number of fused-ring (bicyclic) bond motifs is 1. The molecule has 6 nitrogen and oxygen atoms in total. The van der Waals surface area contributed by atoms with Gasteiger partial charge in [0.05, 0.1) is 33.7 Å². The maximum Gasteiger partial charge on any atom is 0.168 e. The van der Waals surface area contributed by atoms with Crippen molar-refractivity contribution in [2.24, 2.45) is 0 Å². The Hall–Kier alpha value is -3.16. The third-order valence-corrected chi connectivity index (χ3v) is 6.22. The molecule has 1 aromatic carbocycles. The number of nitrogens with zero attached hydrogens (tertiary/aromatic N) is 3. The molecule has 0 unspecified atom stereocenters. The number of benzene rings is 1. The summed E-state index contributed by atoms with van der Waals surface area (Å²) in [5, 5.41) is 4.28. The van der Waals surface area contributed by atoms with Gasteiger partial charge in [0.2, 0.25) is 0 Å². The molecule has 0 amide bonds. The van der Waals surface area contributed by atoms with Crippen molar-refractivity contribution in [2.75, 3.05) is 13.1 Å². The van der Waals surface area contributed by atoms with Crippen LogP contribution in [0.3, 0.4) is 0 Å². The molecular formula is C24H22N4O2S. The van der Waals surface area contributed by atoms with Crippen molar-refractivity contribution < 1.29 is 9.53 Å². The Morgan fingerprint density at radius 2 is 1.94 bits per heavy atom. The summed E-state index contributed by atoms with van der Waals surface area (Å²) in [5.41, 5.74) is 4.87. The standard InChI is InChI=1S/C24H22N4O2S/c29-23(16-1-4-19(5-2-16)30-20-7-9-25-10-8-20)12-18-11-22-17(13-27-18)3-6-21(28-22)24-14-26-15-31-24/h1-6,11,13-15,20,25H,7-10,12H2. The first-order valence-electron chi connectivity index (χ1n) is 10.4. The Bertz CT molecular complexity index is 1190. The highest BCUT2D eigenvalue weighted by Crippen LogP contribution is 2.24. The summed E-state index contributed by atoms with van der Waals surface area (Å²) in [7, 11) is 0. The van der Waals surface area contributed by atoms with Crippen molar-refractivity contribution in [1.29, 1.82) is 0 Å². The van der Waals surface area contributed by atoms with E-state index in [2.05, 4.69) is 15.3 Å². The molecule has 1 fully saturated rings. The number of pyridine rings is 2. The second-order valence-corrected chi connectivity index (χ2v) is 8.51. The average Bonchev–Trinajstić information content (AvgIpc) is 3.35. The molecule has 1 N–H and O–H groups in total. The number of Topliss-reactive ketones (excluding diaryl/α,β-unsaturated/α-hetero) is 1. The predicted octanol–water partition coefficient (Wildman–Crippen LogP) is 4.31. The second kappa shape index (κ2) is 8.91. The van der Waals surface area contributed by atoms with Crippen LogP contribution >= 0.6 is 11.3 Å². The summed E-state index contributed by atoms with van der Waals surface area (Å²) in [6, 6.07) is 13.3. The van der Waals surface area contributed by atoms with Crippen molar-refractivity contribution >= 4 is 28.0 Å². The van der Waals surface area contributed by atoms with E-state index in [0.29, 0.717) is 11.3 Å². The van der Waals surface area contributed by atoms with Gasteiger partial charge in [-0.2, -0.15) is 0 Å². The SMILES string of the molecule is O=C(Cc1cc2nc(-c3cncs3)ccc2cn1)c1ccc(OC2CCNCC2)cc1. The number of carbonyl (C=O) groups excluding carboxylic acids is 1. The maximum absolute atomic E-state index is 12.8. The number of thiazole rings is 1. The van der Waals surface area contributed by atoms with Gasteiger partial charge in [-0.3, -0.25) is 14.8 Å². The Labute approximate surface area is 184 Å². The quantitative estimate of drug-likeness (QED) is 0.460. The van der Waals surface area contributed by atoms with Crippen LogP contribution < -0.4 is 10.1 Å². The minimum absolute atomic E-state index is 0.0267. The van der Waals surface area contributed by atoms with Crippen molar-refractivity contribution in [1.82, 2.24) is 20.3 Å². The fourth-order valence-electron chi connectivity index (χ4n) is 3.73. The lowest BCUT2D eigenvalue weighted by Crippen LogP contribution is -2.34. The van der Waals surface area contributed by atoms with E-state index in [1.807, 2.05) is 48.7 Å². The van der Waals surface area contributed by atoms with E-state index in [1.54, 1.807) is 23.0 Å². The van der Waals surface area contributed by atoms with Crippen LogP contribution in [0, 0.1) is 0 Å². The molecule has 0 spiro atoms. The zero-order valence-electron chi connectivity index (χ0n) is 17.0. The molecule has 0 radical (unpaired) electrons. The van der Waals surface area contributed by atoms with Gasteiger partial charge in [0.15, 0.2) is 5.78 Å². The molecule has 4 aromatic rings. The first kappa shape index (κ1) is 19.8. The number of aromatic nitrogens is 3. The van der Waals surface area contributed by atoms with Crippen molar-refractivity contribution in [3.8, 4) is 16.3 Å². The highest BCUT2D eigenvalue weighted by molar-refractivity contribution is 7.13. The Kier molecular flexibility index (Phi) is 5.69. The van der Waals surface area contributed by atoms with Gasteiger partial charge < -0.3 is 10.1 Å². The summed E-state index contributed by atoms with van der Waals surface area (Å²) in [6.45, 7) is 1.97. The lowest BCUT2D eigenvalue weighted by Gasteiger charge is -2.23. The molecule has 1 saturated heterocycles. The molecule has 5 rings (SSSR count). The number of piperidine rings is 1. The summed E-state index contributed by atoms with van der Waals surface area (Å²) >= 11 is 1.55. The Morgan fingerprint density at radius 3 is 2.71 bits per heavy atom. The predicted molar refractivity (Wildman–Crippen MR) is 122 cm³/mol. The van der Waals surface area contributed by atoms with Gasteiger partial charge in [0.1, 0.15) is 11.9 Å². The highest BCUT2D eigenvalue weighted by Gasteiger charge is 2.15. The molecule has 4 heterocycles. The molecule has 156 valence electrons. The van der Waals surface area contributed by atoms with Gasteiger partial charge in [-0.15, -0.1) is 11.3 Å². The minimum atomic E-state index is 0.0267. The molecule has 0 atom stereocenters. The molecule has 1 aliphatic rings. The van der Waals surface area contributed by atoms with Crippen LogP contribution in [0.5, 0.6) is 5.75 Å². The maximum atomic E-state index is 12.8. The summed E-state index contributed by atoms with van der Waals surface area (Å²) in [5.74, 6) is 0.839. The van der Waals surface area contributed by atoms with E-state index in [4.69, 9.17) is 9.72 Å². The highest BCUT2D eigenvalue weighted by atomic mass is 32.1. The summed E-state index contributed by atoms with van der Waals surface area (Å²) in [4.78, 5) is 27.1. The van der Waals surface area contributed by atoms with E-state index in [1.165, 1.54) is 0 Å². The first-order chi connectivity index (χ1) is 15.2. The van der Waals surface area contributed by atoms with Gasteiger partial charge in [-0.25, -0.2) is 4.98 Å². The number of rotatable bonds is 6. The number of ketones is 1. The number of hydrogen-bond donors (Lipinski definition) is 1. The van der Waals surface area contributed by atoms with Crippen molar-refractivity contribution in [3.05, 3.63) is 71.6 Å². The van der Waals surface area contributed by atoms with E-state index in [0.717, 1.165) is 53.2 Å². The van der Waals surface area contributed by atoms with Gasteiger partial charge in [-0.1, -0.05) is 0 Å². The molecule has 0 aliphatic carbocycles. The number of hydrogen-bond acceptors (Lipinski definition) is 7. The smallest absolute Gasteiger partial charge is 0.168 e. The Morgan fingerprint density at radius 1 is 1.10 bits per heavy atom. The van der Waals surface area contributed by atoms with E-state index in [-0.39, 0.29) is 18.3 Å². The molecule has 0 bridgehead atoms. The normalized spacial score (nSPS) is 14.6. The van der Waals surface area contributed by atoms with Crippen molar-refractivity contribution in [2.45, 2.75) is 25.4 Å². The van der Waals surface area contributed by atoms with Gasteiger partial charge in [-0.05, 0) is 68.4 Å². The molecule has 0 saturated carbocycles. The fourth-order valence-corrected chi connectivity index (χ4v) is 4.32. The van der Waals surface area contributed by atoms with Gasteiger partial charge >= 0.3 is 0 Å². The van der Waals surface area contributed by atoms with Crippen molar-refractivity contribution in [3.63, 3.8) is 0 Å². The monoisotopic (exact) mass is 430 g/mol. The van der Waals surface area contributed by atoms with E-state index >= 15 is 0 Å². The van der Waals surface area contributed by atoms with Crippen LogP contribution in [0.2, 0.25) is 0 Å². The van der Waals surface area contributed by atoms with E-state index in [9.17, 15) is 4.79 Å². The fraction of sp³-hybridized carbons (Fsp3) is 0.250. The third kappa shape index (κ3) is 4.62. The lowest BCUT2D eigenvalue weighted by atomic mass is 10.1. The van der Waals surface area contributed by atoms with Gasteiger partial charge in [0, 0.05) is 23.3 Å². The zero-order valence-corrected chi connectivity index (χ0v) is 17.8. The molecule has 7 heteroatoms. The average molecular weight is 431 g/mol. The van der Waals surface area contributed by atoms with Crippen LogP contribution in [0.1, 0.15) is 28.9 Å².